The largest absolute Gasteiger partial charge is 0.465 e. The van der Waals surface area contributed by atoms with E-state index in [1.807, 2.05) is 0 Å². The number of nitrogen functional groups attached to an aromatic ring is 1. The highest BCUT2D eigenvalue weighted by Crippen LogP contribution is 2.48. The minimum atomic E-state index is -4.30. The van der Waals surface area contributed by atoms with Crippen LogP contribution in [0.4, 0.5) is 16.2 Å². The third kappa shape index (κ3) is 5.78. The van der Waals surface area contributed by atoms with Crippen LogP contribution in [0.5, 0.6) is 5.75 Å². The van der Waals surface area contributed by atoms with Crippen LogP contribution in [0.3, 0.4) is 0 Å². The summed E-state index contributed by atoms with van der Waals surface area (Å²) < 4.78 is 53.2. The molecule has 0 unspecified atom stereocenters. The number of rotatable bonds is 12. The number of esters is 1. The lowest BCUT2D eigenvalue weighted by molar-refractivity contribution is -0.144. The quantitative estimate of drug-likeness (QED) is 0.139. The van der Waals surface area contributed by atoms with Crippen LogP contribution in [-0.2, 0) is 23.4 Å². The fourth-order valence-corrected chi connectivity index (χ4v) is 5.63. The number of fused-ring (bicyclic) bond motifs is 1. The number of hydrogen-bond acceptors (Lipinski definition) is 12. The zero-order valence-corrected chi connectivity index (χ0v) is 23.0. The molecule has 14 nitrogen and oxygen atoms in total. The van der Waals surface area contributed by atoms with Crippen molar-refractivity contribution >= 4 is 36.6 Å². The fraction of sp³-hybridized carbons (Fsp3) is 0.417. The van der Waals surface area contributed by atoms with E-state index in [9.17, 15) is 14.5 Å². The molecule has 1 aliphatic rings. The normalized spacial score (nSPS) is 24.8. The van der Waals surface area contributed by atoms with Gasteiger partial charge in [-0.1, -0.05) is 24.8 Å². The molecule has 40 heavy (non-hydrogen) atoms. The minimum Gasteiger partial charge on any atom is -0.465 e. The van der Waals surface area contributed by atoms with E-state index in [1.165, 1.54) is 30.0 Å². The Bertz CT molecular complexity index is 1410. The Morgan fingerprint density at radius 3 is 2.77 bits per heavy atom. The second-order valence-electron chi connectivity index (χ2n) is 8.81. The highest BCUT2D eigenvalue weighted by atomic mass is 31.2. The first-order chi connectivity index (χ1) is 19.0. The molecule has 4 rings (SSSR count). The first-order valence-corrected chi connectivity index (χ1v) is 13.9. The molecule has 0 bridgehead atoms. The standard InChI is InChI=1S/C24H31FN7O7P/c1-5-24(25)18(33)16(38-22(24)32-13-28-17-19(27-4)29-23(26)30-20(17)32)12-37-40(35,31-14(3)21(34)36-6-2)39-15-10-8-7-9-11-15/h5,7-11,13-14,16,18,22,33H,1,6,12H2,2-4H3,(H,31,35)(H3,26,27,29,30)/t14-,16+,18+,22+,24+,40-/m0/s1. The summed E-state index contributed by atoms with van der Waals surface area (Å²) >= 11 is 0. The number of nitrogens with zero attached hydrogens (tertiary/aromatic N) is 4. The van der Waals surface area contributed by atoms with E-state index in [0.717, 1.165) is 6.08 Å². The average molecular weight is 580 g/mol. The molecule has 6 atom stereocenters. The predicted octanol–water partition coefficient (Wildman–Crippen LogP) is 2.35. The van der Waals surface area contributed by atoms with Crippen molar-refractivity contribution in [1.82, 2.24) is 24.6 Å². The number of ether oxygens (including phenoxy) is 2. The molecule has 216 valence electrons. The van der Waals surface area contributed by atoms with E-state index in [-0.39, 0.29) is 24.0 Å². The van der Waals surface area contributed by atoms with Crippen LogP contribution >= 0.6 is 7.75 Å². The number of aliphatic hydroxyl groups is 1. The molecule has 1 saturated heterocycles. The number of para-hydroxylation sites is 1. The first-order valence-electron chi connectivity index (χ1n) is 12.3. The van der Waals surface area contributed by atoms with Gasteiger partial charge in [-0.05, 0) is 32.1 Å². The van der Waals surface area contributed by atoms with Crippen LogP contribution in [0.25, 0.3) is 11.2 Å². The van der Waals surface area contributed by atoms with Gasteiger partial charge in [0.1, 0.15) is 24.0 Å². The summed E-state index contributed by atoms with van der Waals surface area (Å²) in [4.78, 5) is 24.6. The lowest BCUT2D eigenvalue weighted by atomic mass is 9.96. The maximum absolute atomic E-state index is 16.2. The SMILES string of the molecule is C=C[C@@]1(F)[C@H](O)[C@@H](CO[P@@](=O)(N[C@@H](C)C(=O)OCC)Oc2ccccc2)O[C@H]1n1cnc2c(NC)nc(N)nc21. The minimum absolute atomic E-state index is 0.0964. The van der Waals surface area contributed by atoms with Crippen molar-refractivity contribution in [2.24, 2.45) is 0 Å². The summed E-state index contributed by atoms with van der Waals surface area (Å²) in [7, 11) is -2.68. The number of aromatic nitrogens is 4. The Labute approximate surface area is 229 Å². The van der Waals surface area contributed by atoms with Crippen LogP contribution in [-0.4, -0.2) is 74.8 Å². The molecule has 0 spiro atoms. The number of imidazole rings is 1. The Morgan fingerprint density at radius 1 is 1.40 bits per heavy atom. The molecule has 1 fully saturated rings. The van der Waals surface area contributed by atoms with E-state index in [1.54, 1.807) is 32.2 Å². The highest BCUT2D eigenvalue weighted by Gasteiger charge is 2.57. The number of carbonyl (C=O) groups excluding carboxylic acids is 1. The molecule has 5 N–H and O–H groups in total. The maximum atomic E-state index is 16.2. The Balaban J connectivity index is 1.60. The van der Waals surface area contributed by atoms with Gasteiger partial charge in [-0.2, -0.15) is 15.1 Å². The molecule has 0 saturated carbocycles. The van der Waals surface area contributed by atoms with E-state index < -0.39 is 50.5 Å². The highest BCUT2D eigenvalue weighted by molar-refractivity contribution is 7.52. The van der Waals surface area contributed by atoms with Crippen LogP contribution in [0.1, 0.15) is 20.1 Å². The molecular weight excluding hydrogens is 548 g/mol. The topological polar surface area (TPSA) is 185 Å². The monoisotopic (exact) mass is 579 g/mol. The number of halogens is 1. The lowest BCUT2D eigenvalue weighted by Gasteiger charge is -2.26. The van der Waals surface area contributed by atoms with Crippen LogP contribution in [0, 0.1) is 0 Å². The van der Waals surface area contributed by atoms with Crippen molar-refractivity contribution in [1.29, 1.82) is 0 Å². The molecule has 3 heterocycles. The van der Waals surface area contributed by atoms with Gasteiger partial charge in [0.2, 0.25) is 11.6 Å². The smallest absolute Gasteiger partial charge is 0.459 e. The van der Waals surface area contributed by atoms with Crippen molar-refractivity contribution in [2.45, 2.75) is 44.0 Å². The lowest BCUT2D eigenvalue weighted by Crippen LogP contribution is -2.42. The second-order valence-corrected chi connectivity index (χ2v) is 10.5. The van der Waals surface area contributed by atoms with Gasteiger partial charge in [0.15, 0.2) is 23.2 Å². The average Bonchev–Trinajstić information content (AvgIpc) is 3.46. The molecule has 3 aromatic rings. The van der Waals surface area contributed by atoms with Gasteiger partial charge in [-0.25, -0.2) is 13.9 Å². The van der Waals surface area contributed by atoms with Gasteiger partial charge >= 0.3 is 13.7 Å². The molecular formula is C24H31FN7O7P. The summed E-state index contributed by atoms with van der Waals surface area (Å²) in [6.45, 7) is 6.08. The molecule has 2 aromatic heterocycles. The van der Waals surface area contributed by atoms with Crippen molar-refractivity contribution in [3.05, 3.63) is 49.3 Å². The number of hydrogen-bond donors (Lipinski definition) is 4. The number of nitrogens with one attached hydrogen (secondary N) is 2. The molecule has 0 aliphatic carbocycles. The number of alkyl halides is 1. The zero-order valence-electron chi connectivity index (χ0n) is 22.1. The van der Waals surface area contributed by atoms with Gasteiger partial charge in [0, 0.05) is 7.05 Å². The molecule has 1 aromatic carbocycles. The van der Waals surface area contributed by atoms with Crippen LogP contribution in [0.15, 0.2) is 49.3 Å². The summed E-state index contributed by atoms with van der Waals surface area (Å²) in [6, 6.07) is 7.00. The number of carbonyl (C=O) groups is 1. The van der Waals surface area contributed by atoms with Gasteiger partial charge in [-0.3, -0.25) is 13.9 Å². The van der Waals surface area contributed by atoms with E-state index in [4.69, 9.17) is 24.3 Å². The number of anilines is 2. The van der Waals surface area contributed by atoms with Crippen molar-refractivity contribution in [3.8, 4) is 5.75 Å². The van der Waals surface area contributed by atoms with E-state index in [2.05, 4.69) is 31.9 Å². The number of aliphatic hydroxyl groups excluding tert-OH is 1. The Kier molecular flexibility index (Phi) is 8.71. The van der Waals surface area contributed by atoms with Gasteiger partial charge in [-0.15, -0.1) is 0 Å². The maximum Gasteiger partial charge on any atom is 0.459 e. The summed E-state index contributed by atoms with van der Waals surface area (Å²) in [5.41, 5.74) is 3.70. The molecule has 0 amide bonds. The zero-order chi connectivity index (χ0) is 29.1. The van der Waals surface area contributed by atoms with Crippen molar-refractivity contribution in [3.63, 3.8) is 0 Å². The summed E-state index contributed by atoms with van der Waals surface area (Å²) in [5, 5.41) is 16.3. The summed E-state index contributed by atoms with van der Waals surface area (Å²) in [5.74, 6) is -0.304. The van der Waals surface area contributed by atoms with Crippen LogP contribution < -0.4 is 20.7 Å². The third-order valence-corrected chi connectivity index (χ3v) is 7.74. The van der Waals surface area contributed by atoms with Crippen molar-refractivity contribution in [2.75, 3.05) is 31.3 Å². The first kappa shape index (κ1) is 29.4. The van der Waals surface area contributed by atoms with E-state index >= 15 is 4.39 Å². The van der Waals surface area contributed by atoms with Gasteiger partial charge in [0.25, 0.3) is 0 Å². The molecule has 1 aliphatic heterocycles. The van der Waals surface area contributed by atoms with Gasteiger partial charge in [0.05, 0.1) is 19.5 Å². The Hall–Kier alpha value is -3.62. The molecule has 0 radical (unpaired) electrons. The van der Waals surface area contributed by atoms with Crippen molar-refractivity contribution < 1.29 is 37.4 Å². The number of nitrogens with two attached hydrogens (primary N) is 1. The predicted molar refractivity (Wildman–Crippen MR) is 143 cm³/mol. The second kappa shape index (κ2) is 11.9. The van der Waals surface area contributed by atoms with E-state index in [0.29, 0.717) is 11.3 Å². The fourth-order valence-electron chi connectivity index (χ4n) is 4.12. The third-order valence-electron chi connectivity index (χ3n) is 6.10. The van der Waals surface area contributed by atoms with Crippen LogP contribution in [0.2, 0.25) is 0 Å². The molecule has 16 heteroatoms. The van der Waals surface area contributed by atoms with Gasteiger partial charge < -0.3 is 30.2 Å². The summed E-state index contributed by atoms with van der Waals surface area (Å²) in [6.07, 6.45) is -2.51. The Morgan fingerprint density at radius 2 is 2.12 bits per heavy atom. The number of benzene rings is 1.